The van der Waals surface area contributed by atoms with Crippen LogP contribution in [-0.2, 0) is 4.79 Å². The topological polar surface area (TPSA) is 72.2 Å². The molecule has 0 heterocycles. The van der Waals surface area contributed by atoms with E-state index >= 15 is 0 Å². The van der Waals surface area contributed by atoms with E-state index < -0.39 is 11.9 Å². The van der Waals surface area contributed by atoms with E-state index in [1.165, 1.54) is 0 Å². The fraction of sp³-hybridized carbons (Fsp3) is 0.263. The Morgan fingerprint density at radius 1 is 0.957 bits per heavy atom. The van der Waals surface area contributed by atoms with Gasteiger partial charge in [0, 0.05) is 5.56 Å². The summed E-state index contributed by atoms with van der Waals surface area (Å²) in [6, 6.07) is 16.6. The van der Waals surface area contributed by atoms with Gasteiger partial charge in [-0.15, -0.1) is 0 Å². The second-order valence-corrected chi connectivity index (χ2v) is 6.00. The number of hydrogen-bond donors (Lipinski definition) is 2. The summed E-state index contributed by atoms with van der Waals surface area (Å²) in [7, 11) is 0. The Balaban J connectivity index is 2.09. The molecule has 4 nitrogen and oxygen atoms in total. The number of hydrogen-bond acceptors (Lipinski definition) is 2. The quantitative estimate of drug-likeness (QED) is 0.861. The molecule has 120 valence electrons. The summed E-state index contributed by atoms with van der Waals surface area (Å²) in [6.45, 7) is 3.97. The van der Waals surface area contributed by atoms with E-state index in [4.69, 9.17) is 5.73 Å². The zero-order valence-corrected chi connectivity index (χ0v) is 13.5. The lowest BCUT2D eigenvalue weighted by molar-refractivity contribution is -0.120. The molecule has 0 radical (unpaired) electrons. The highest BCUT2D eigenvalue weighted by molar-refractivity contribution is 5.97. The lowest BCUT2D eigenvalue weighted by atomic mass is 10.0. The maximum Gasteiger partial charge on any atom is 0.251 e. The van der Waals surface area contributed by atoms with Crippen molar-refractivity contribution in [2.75, 3.05) is 0 Å². The maximum absolute atomic E-state index is 12.3. The van der Waals surface area contributed by atoms with Crippen LogP contribution in [0.2, 0.25) is 0 Å². The van der Waals surface area contributed by atoms with E-state index in [2.05, 4.69) is 5.32 Å². The molecule has 2 aromatic rings. The van der Waals surface area contributed by atoms with E-state index in [9.17, 15) is 9.59 Å². The number of carbonyl (C=O) groups is 2. The standard InChI is InChI=1S/C19H22N2O2/c1-13(2)12-17(18(20)22)21-19(23)16-10-8-15(9-11-16)14-6-4-3-5-7-14/h3-11,13,17H,12H2,1-2H3,(H2,20,22)(H,21,23)/t17-/m1/s1. The second-order valence-electron chi connectivity index (χ2n) is 6.00. The summed E-state index contributed by atoms with van der Waals surface area (Å²) in [4.78, 5) is 23.7. The first kappa shape index (κ1) is 16.7. The number of carbonyl (C=O) groups excluding carboxylic acids is 2. The van der Waals surface area contributed by atoms with E-state index in [-0.39, 0.29) is 11.8 Å². The average molecular weight is 310 g/mol. The molecule has 0 saturated carbocycles. The van der Waals surface area contributed by atoms with Crippen molar-refractivity contribution in [2.45, 2.75) is 26.3 Å². The van der Waals surface area contributed by atoms with Crippen molar-refractivity contribution in [3.63, 3.8) is 0 Å². The Morgan fingerprint density at radius 2 is 1.52 bits per heavy atom. The molecular weight excluding hydrogens is 288 g/mol. The van der Waals surface area contributed by atoms with Crippen LogP contribution in [-0.4, -0.2) is 17.9 Å². The molecule has 0 saturated heterocycles. The fourth-order valence-electron chi connectivity index (χ4n) is 2.40. The monoisotopic (exact) mass is 310 g/mol. The van der Waals surface area contributed by atoms with Gasteiger partial charge in [-0.2, -0.15) is 0 Å². The first-order valence-electron chi connectivity index (χ1n) is 7.73. The molecule has 0 aliphatic heterocycles. The predicted octanol–water partition coefficient (Wildman–Crippen LogP) is 2.98. The highest BCUT2D eigenvalue weighted by Crippen LogP contribution is 2.19. The number of nitrogens with two attached hydrogens (primary N) is 1. The van der Waals surface area contributed by atoms with Crippen LogP contribution in [0.1, 0.15) is 30.6 Å². The van der Waals surface area contributed by atoms with E-state index in [1.54, 1.807) is 12.1 Å². The first-order chi connectivity index (χ1) is 11.0. The lowest BCUT2D eigenvalue weighted by Crippen LogP contribution is -2.45. The zero-order valence-electron chi connectivity index (χ0n) is 13.5. The minimum Gasteiger partial charge on any atom is -0.368 e. The van der Waals surface area contributed by atoms with E-state index in [0.717, 1.165) is 11.1 Å². The molecule has 0 bridgehead atoms. The number of amides is 2. The molecule has 4 heteroatoms. The summed E-state index contributed by atoms with van der Waals surface area (Å²) < 4.78 is 0. The number of nitrogens with one attached hydrogen (secondary N) is 1. The molecule has 0 spiro atoms. The first-order valence-corrected chi connectivity index (χ1v) is 7.73. The van der Waals surface area contributed by atoms with Crippen LogP contribution in [0.4, 0.5) is 0 Å². The van der Waals surface area contributed by atoms with Gasteiger partial charge in [0.1, 0.15) is 6.04 Å². The van der Waals surface area contributed by atoms with Gasteiger partial charge in [-0.3, -0.25) is 9.59 Å². The van der Waals surface area contributed by atoms with Crippen molar-refractivity contribution >= 4 is 11.8 Å². The number of rotatable bonds is 6. The van der Waals surface area contributed by atoms with Gasteiger partial charge in [-0.25, -0.2) is 0 Å². The molecule has 0 unspecified atom stereocenters. The summed E-state index contributed by atoms with van der Waals surface area (Å²) in [5, 5.41) is 2.71. The summed E-state index contributed by atoms with van der Waals surface area (Å²) in [5.74, 6) is -0.518. The Morgan fingerprint density at radius 3 is 2.04 bits per heavy atom. The third-order valence-electron chi connectivity index (χ3n) is 3.61. The van der Waals surface area contributed by atoms with Crippen molar-refractivity contribution in [2.24, 2.45) is 11.7 Å². The Labute approximate surface area is 136 Å². The van der Waals surface area contributed by atoms with Crippen LogP contribution in [0, 0.1) is 5.92 Å². The van der Waals surface area contributed by atoms with Crippen LogP contribution < -0.4 is 11.1 Å². The highest BCUT2D eigenvalue weighted by Gasteiger charge is 2.20. The van der Waals surface area contributed by atoms with Crippen LogP contribution in [0.15, 0.2) is 54.6 Å². The summed E-state index contributed by atoms with van der Waals surface area (Å²) >= 11 is 0. The molecule has 0 aliphatic carbocycles. The van der Waals surface area contributed by atoms with Gasteiger partial charge in [-0.05, 0) is 35.6 Å². The van der Waals surface area contributed by atoms with Crippen LogP contribution in [0.3, 0.4) is 0 Å². The van der Waals surface area contributed by atoms with Gasteiger partial charge in [0.2, 0.25) is 5.91 Å². The van der Waals surface area contributed by atoms with E-state index in [0.29, 0.717) is 12.0 Å². The van der Waals surface area contributed by atoms with Gasteiger partial charge < -0.3 is 11.1 Å². The second kappa shape index (κ2) is 7.58. The van der Waals surface area contributed by atoms with Crippen LogP contribution in [0.25, 0.3) is 11.1 Å². The maximum atomic E-state index is 12.3. The Bertz CT molecular complexity index is 664. The fourth-order valence-corrected chi connectivity index (χ4v) is 2.40. The molecule has 0 aromatic heterocycles. The van der Waals surface area contributed by atoms with Gasteiger partial charge in [-0.1, -0.05) is 56.3 Å². The normalized spacial score (nSPS) is 12.0. The van der Waals surface area contributed by atoms with Crippen molar-refractivity contribution < 1.29 is 9.59 Å². The SMILES string of the molecule is CC(C)C[C@@H](NC(=O)c1ccc(-c2ccccc2)cc1)C(N)=O. The zero-order chi connectivity index (χ0) is 16.8. The summed E-state index contributed by atoms with van der Waals surface area (Å²) in [5.41, 5.74) is 8.00. The summed E-state index contributed by atoms with van der Waals surface area (Å²) in [6.07, 6.45) is 0.531. The van der Waals surface area contributed by atoms with Gasteiger partial charge in [0.05, 0.1) is 0 Å². The minimum absolute atomic E-state index is 0.272. The molecule has 2 amide bonds. The van der Waals surface area contributed by atoms with Gasteiger partial charge in [0.15, 0.2) is 0 Å². The predicted molar refractivity (Wildman–Crippen MR) is 91.8 cm³/mol. The van der Waals surface area contributed by atoms with Gasteiger partial charge >= 0.3 is 0 Å². The molecule has 0 aliphatic rings. The smallest absolute Gasteiger partial charge is 0.251 e. The van der Waals surface area contributed by atoms with Crippen LogP contribution >= 0.6 is 0 Å². The molecule has 23 heavy (non-hydrogen) atoms. The molecule has 3 N–H and O–H groups in total. The average Bonchev–Trinajstić information content (AvgIpc) is 2.54. The van der Waals surface area contributed by atoms with E-state index in [1.807, 2.05) is 56.3 Å². The largest absolute Gasteiger partial charge is 0.368 e. The Hall–Kier alpha value is -2.62. The molecule has 0 fully saturated rings. The number of primary amides is 1. The third kappa shape index (κ3) is 4.68. The highest BCUT2D eigenvalue weighted by atomic mass is 16.2. The van der Waals surface area contributed by atoms with Crippen molar-refractivity contribution in [1.82, 2.24) is 5.32 Å². The lowest BCUT2D eigenvalue weighted by Gasteiger charge is -2.17. The molecule has 2 rings (SSSR count). The minimum atomic E-state index is -0.642. The van der Waals surface area contributed by atoms with Gasteiger partial charge in [0.25, 0.3) is 5.91 Å². The van der Waals surface area contributed by atoms with Crippen molar-refractivity contribution in [3.05, 3.63) is 60.2 Å². The van der Waals surface area contributed by atoms with Crippen molar-refractivity contribution in [1.29, 1.82) is 0 Å². The van der Waals surface area contributed by atoms with Crippen molar-refractivity contribution in [3.8, 4) is 11.1 Å². The molecule has 1 atom stereocenters. The number of benzene rings is 2. The Kier molecular flexibility index (Phi) is 5.52. The molecule has 2 aromatic carbocycles. The van der Waals surface area contributed by atoms with Crippen LogP contribution in [0.5, 0.6) is 0 Å². The molecular formula is C19H22N2O2. The third-order valence-corrected chi connectivity index (χ3v) is 3.61.